The molecule has 2 aromatic rings. The number of hydrogen-bond donors (Lipinski definition) is 1. The van der Waals surface area contributed by atoms with Crippen LogP contribution in [0.2, 0.25) is 0 Å². The first-order valence-electron chi connectivity index (χ1n) is 7.97. The van der Waals surface area contributed by atoms with Gasteiger partial charge in [-0.1, -0.05) is 17.7 Å². The zero-order valence-corrected chi connectivity index (χ0v) is 13.3. The van der Waals surface area contributed by atoms with Gasteiger partial charge in [0.15, 0.2) is 0 Å². The van der Waals surface area contributed by atoms with Crippen molar-refractivity contribution in [3.63, 3.8) is 0 Å². The summed E-state index contributed by atoms with van der Waals surface area (Å²) in [4.78, 5) is 14.4. The summed E-state index contributed by atoms with van der Waals surface area (Å²) in [5.74, 6) is 0.766. The molecule has 1 saturated heterocycles. The van der Waals surface area contributed by atoms with Crippen molar-refractivity contribution in [1.29, 1.82) is 0 Å². The van der Waals surface area contributed by atoms with Crippen LogP contribution in [-0.2, 0) is 11.3 Å². The van der Waals surface area contributed by atoms with Gasteiger partial charge in [-0.3, -0.25) is 0 Å². The van der Waals surface area contributed by atoms with Crippen LogP contribution in [0.15, 0.2) is 47.1 Å². The van der Waals surface area contributed by atoms with Crippen LogP contribution in [-0.4, -0.2) is 30.2 Å². The van der Waals surface area contributed by atoms with E-state index in [2.05, 4.69) is 5.32 Å². The molecule has 0 bridgehead atoms. The van der Waals surface area contributed by atoms with Crippen LogP contribution >= 0.6 is 0 Å². The molecule has 23 heavy (non-hydrogen) atoms. The van der Waals surface area contributed by atoms with Crippen LogP contribution in [0.1, 0.15) is 24.2 Å². The molecule has 1 N–H and O–H groups in total. The van der Waals surface area contributed by atoms with Gasteiger partial charge in [0.05, 0.1) is 18.9 Å². The fourth-order valence-electron chi connectivity index (χ4n) is 2.68. The van der Waals surface area contributed by atoms with Crippen molar-refractivity contribution >= 4 is 11.7 Å². The van der Waals surface area contributed by atoms with E-state index in [4.69, 9.17) is 9.15 Å². The minimum Gasteiger partial charge on any atom is -0.467 e. The minimum absolute atomic E-state index is 0.105. The fourth-order valence-corrected chi connectivity index (χ4v) is 2.68. The number of amides is 2. The van der Waals surface area contributed by atoms with E-state index in [0.717, 1.165) is 36.5 Å². The summed E-state index contributed by atoms with van der Waals surface area (Å²) >= 11 is 0. The zero-order chi connectivity index (χ0) is 16.1. The summed E-state index contributed by atoms with van der Waals surface area (Å²) in [6, 6.07) is 11.3. The third-order valence-electron chi connectivity index (χ3n) is 3.96. The summed E-state index contributed by atoms with van der Waals surface area (Å²) in [6.07, 6.45) is 3.77. The van der Waals surface area contributed by atoms with Crippen LogP contribution in [0.3, 0.4) is 0 Å². The van der Waals surface area contributed by atoms with Gasteiger partial charge in [0.25, 0.3) is 0 Å². The number of benzene rings is 1. The van der Waals surface area contributed by atoms with E-state index in [0.29, 0.717) is 13.1 Å². The van der Waals surface area contributed by atoms with Crippen LogP contribution in [0.4, 0.5) is 10.5 Å². The molecule has 1 aliphatic rings. The Balaban J connectivity index is 1.67. The molecular formula is C18H22N2O3. The molecule has 1 aliphatic heterocycles. The van der Waals surface area contributed by atoms with Crippen molar-refractivity contribution in [3.8, 4) is 0 Å². The number of hydrogen-bond acceptors (Lipinski definition) is 3. The maximum Gasteiger partial charge on any atom is 0.322 e. The highest BCUT2D eigenvalue weighted by Crippen LogP contribution is 2.17. The van der Waals surface area contributed by atoms with Crippen molar-refractivity contribution in [2.75, 3.05) is 18.5 Å². The molecule has 0 saturated carbocycles. The summed E-state index contributed by atoms with van der Waals surface area (Å²) < 4.78 is 11.0. The number of aryl methyl sites for hydroxylation is 1. The van der Waals surface area contributed by atoms with E-state index >= 15 is 0 Å². The van der Waals surface area contributed by atoms with E-state index in [1.165, 1.54) is 0 Å². The molecule has 0 spiro atoms. The molecule has 0 unspecified atom stereocenters. The predicted octanol–water partition coefficient (Wildman–Crippen LogP) is 3.80. The first-order chi connectivity index (χ1) is 11.2. The maximum absolute atomic E-state index is 12.6. The molecule has 2 heterocycles. The lowest BCUT2D eigenvalue weighted by atomic mass is 10.2. The monoisotopic (exact) mass is 314 g/mol. The number of carbonyl (C=O) groups excluding carboxylic acids is 1. The van der Waals surface area contributed by atoms with Crippen molar-refractivity contribution in [2.24, 2.45) is 0 Å². The molecule has 1 aromatic heterocycles. The molecule has 5 nitrogen and oxygen atoms in total. The second-order valence-electron chi connectivity index (χ2n) is 5.89. The van der Waals surface area contributed by atoms with E-state index in [9.17, 15) is 4.79 Å². The smallest absolute Gasteiger partial charge is 0.322 e. The largest absolute Gasteiger partial charge is 0.467 e. The van der Waals surface area contributed by atoms with Crippen LogP contribution in [0.5, 0.6) is 0 Å². The second-order valence-corrected chi connectivity index (χ2v) is 5.89. The van der Waals surface area contributed by atoms with Crippen molar-refractivity contribution in [1.82, 2.24) is 4.90 Å². The summed E-state index contributed by atoms with van der Waals surface area (Å²) in [5, 5.41) is 2.95. The third kappa shape index (κ3) is 4.36. The normalized spacial score (nSPS) is 17.2. The van der Waals surface area contributed by atoms with E-state index in [1.807, 2.05) is 43.3 Å². The van der Waals surface area contributed by atoms with E-state index < -0.39 is 0 Å². The van der Waals surface area contributed by atoms with Gasteiger partial charge in [0, 0.05) is 18.8 Å². The Morgan fingerprint density at radius 3 is 2.78 bits per heavy atom. The van der Waals surface area contributed by atoms with Gasteiger partial charge in [-0.25, -0.2) is 4.79 Å². The Labute approximate surface area is 136 Å². The molecule has 1 aromatic carbocycles. The number of anilines is 1. The molecule has 1 fully saturated rings. The fraction of sp³-hybridized carbons (Fsp3) is 0.389. The van der Waals surface area contributed by atoms with Crippen molar-refractivity contribution in [3.05, 3.63) is 54.0 Å². The average molecular weight is 314 g/mol. The van der Waals surface area contributed by atoms with Crippen LogP contribution < -0.4 is 5.32 Å². The Kier molecular flexibility index (Phi) is 4.98. The molecular weight excluding hydrogens is 292 g/mol. The predicted molar refractivity (Wildman–Crippen MR) is 88.3 cm³/mol. The lowest BCUT2D eigenvalue weighted by Crippen LogP contribution is -2.39. The van der Waals surface area contributed by atoms with E-state index in [-0.39, 0.29) is 12.1 Å². The topological polar surface area (TPSA) is 54.7 Å². The Bertz CT molecular complexity index is 616. The zero-order valence-electron chi connectivity index (χ0n) is 13.3. The highest BCUT2D eigenvalue weighted by Gasteiger charge is 2.23. The van der Waals surface area contributed by atoms with Crippen LogP contribution in [0.25, 0.3) is 0 Å². The van der Waals surface area contributed by atoms with Gasteiger partial charge in [0.2, 0.25) is 0 Å². The van der Waals surface area contributed by atoms with Gasteiger partial charge >= 0.3 is 6.03 Å². The number of furan rings is 1. The second kappa shape index (κ2) is 7.33. The standard InChI is InChI=1S/C18H22N2O3/c1-14-6-8-15(9-7-14)19-18(21)20(12-16-4-2-10-22-16)13-17-5-3-11-23-17/h2,4,6-10,17H,3,5,11-13H2,1H3,(H,19,21)/t17-/m0/s1. The Hall–Kier alpha value is -2.27. The highest BCUT2D eigenvalue weighted by atomic mass is 16.5. The molecule has 2 amide bonds. The highest BCUT2D eigenvalue weighted by molar-refractivity contribution is 5.89. The number of carbonyl (C=O) groups is 1. The summed E-state index contributed by atoms with van der Waals surface area (Å²) in [5.41, 5.74) is 1.95. The number of nitrogens with one attached hydrogen (secondary N) is 1. The molecule has 0 aliphatic carbocycles. The number of urea groups is 1. The minimum atomic E-state index is -0.138. The number of rotatable bonds is 5. The lowest BCUT2D eigenvalue weighted by Gasteiger charge is -2.25. The van der Waals surface area contributed by atoms with Crippen molar-refractivity contribution in [2.45, 2.75) is 32.4 Å². The van der Waals surface area contributed by atoms with E-state index in [1.54, 1.807) is 11.2 Å². The average Bonchev–Trinajstić information content (AvgIpc) is 3.22. The van der Waals surface area contributed by atoms with Gasteiger partial charge in [-0.2, -0.15) is 0 Å². The van der Waals surface area contributed by atoms with Crippen molar-refractivity contribution < 1.29 is 13.9 Å². The number of nitrogens with zero attached hydrogens (tertiary/aromatic N) is 1. The first kappa shape index (κ1) is 15.6. The van der Waals surface area contributed by atoms with Gasteiger partial charge in [-0.05, 0) is 44.0 Å². The molecule has 0 radical (unpaired) electrons. The summed E-state index contributed by atoms with van der Waals surface area (Å²) in [6.45, 7) is 3.80. The van der Waals surface area contributed by atoms with Crippen LogP contribution in [0, 0.1) is 6.92 Å². The SMILES string of the molecule is Cc1ccc(NC(=O)N(Cc2ccco2)C[C@@H]2CCCO2)cc1. The third-order valence-corrected chi connectivity index (χ3v) is 3.96. The molecule has 5 heteroatoms. The first-order valence-corrected chi connectivity index (χ1v) is 7.97. The summed E-state index contributed by atoms with van der Waals surface area (Å²) in [7, 11) is 0. The Morgan fingerprint density at radius 1 is 1.30 bits per heavy atom. The quantitative estimate of drug-likeness (QED) is 0.913. The maximum atomic E-state index is 12.6. The molecule has 1 atom stereocenters. The van der Waals surface area contributed by atoms with Gasteiger partial charge in [-0.15, -0.1) is 0 Å². The number of ether oxygens (including phenoxy) is 1. The molecule has 122 valence electrons. The van der Waals surface area contributed by atoms with Gasteiger partial charge in [0.1, 0.15) is 5.76 Å². The lowest BCUT2D eigenvalue weighted by molar-refractivity contribution is 0.0803. The Morgan fingerprint density at radius 2 is 2.13 bits per heavy atom. The molecule has 3 rings (SSSR count). The van der Waals surface area contributed by atoms with Gasteiger partial charge < -0.3 is 19.4 Å².